The van der Waals surface area contributed by atoms with E-state index in [1.54, 1.807) is 7.05 Å². The van der Waals surface area contributed by atoms with E-state index in [0.29, 0.717) is 6.42 Å². The number of nitrogens with zero attached hydrogens (tertiary/aromatic N) is 3. The van der Waals surface area contributed by atoms with Gasteiger partial charge in [-0.15, -0.1) is 0 Å². The molecule has 0 atom stereocenters. The highest BCUT2D eigenvalue weighted by Gasteiger charge is 2.20. The first-order chi connectivity index (χ1) is 12.2. The van der Waals surface area contributed by atoms with Gasteiger partial charge in [0.25, 0.3) is 0 Å². The zero-order chi connectivity index (χ0) is 18.1. The number of benzene rings is 1. The zero-order valence-corrected chi connectivity index (χ0v) is 15.8. The lowest BCUT2D eigenvalue weighted by atomic mass is 10.2. The molecule has 1 aromatic rings. The Hall–Kier alpha value is -1.95. The first kappa shape index (κ1) is 19.4. The highest BCUT2D eigenvalue weighted by Crippen LogP contribution is 2.25. The standard InChI is InChI=1S/C18H27ClN4O2/c1-20-18(21-10-6-5-9-17(24)25-2)23-13-11-22(12-14-23)16-8-4-3-7-15(16)19/h3-4,7-8H,5-6,9-14H2,1-2H3,(H,20,21). The first-order valence-corrected chi connectivity index (χ1v) is 9.05. The minimum Gasteiger partial charge on any atom is -0.469 e. The van der Waals surface area contributed by atoms with Crippen molar-refractivity contribution in [3.8, 4) is 0 Å². The fourth-order valence-electron chi connectivity index (χ4n) is 2.90. The van der Waals surface area contributed by atoms with Gasteiger partial charge in [0.1, 0.15) is 0 Å². The van der Waals surface area contributed by atoms with Gasteiger partial charge in [0.05, 0.1) is 17.8 Å². The average molecular weight is 367 g/mol. The fourth-order valence-corrected chi connectivity index (χ4v) is 3.15. The number of esters is 1. The summed E-state index contributed by atoms with van der Waals surface area (Å²) in [5.41, 5.74) is 1.09. The van der Waals surface area contributed by atoms with Crippen LogP contribution in [0, 0.1) is 0 Å². The Morgan fingerprint density at radius 2 is 1.96 bits per heavy atom. The van der Waals surface area contributed by atoms with Gasteiger partial charge in [0.2, 0.25) is 0 Å². The fraction of sp³-hybridized carbons (Fsp3) is 0.556. The number of ether oxygens (including phenoxy) is 1. The molecule has 1 N–H and O–H groups in total. The van der Waals surface area contributed by atoms with Crippen molar-refractivity contribution in [2.24, 2.45) is 4.99 Å². The summed E-state index contributed by atoms with van der Waals surface area (Å²) in [6.45, 7) is 4.41. The molecule has 0 amide bonds. The Labute approximate surface area is 154 Å². The molecule has 0 bridgehead atoms. The molecule has 0 spiro atoms. The van der Waals surface area contributed by atoms with Gasteiger partial charge in [-0.2, -0.15) is 0 Å². The smallest absolute Gasteiger partial charge is 0.305 e. The lowest BCUT2D eigenvalue weighted by molar-refractivity contribution is -0.140. The number of halogens is 1. The number of aliphatic imine (C=N–C) groups is 1. The van der Waals surface area contributed by atoms with Crippen LogP contribution in [-0.4, -0.2) is 63.7 Å². The van der Waals surface area contributed by atoms with Crippen LogP contribution in [0.4, 0.5) is 5.69 Å². The van der Waals surface area contributed by atoms with Gasteiger partial charge in [-0.1, -0.05) is 23.7 Å². The number of guanidine groups is 1. The van der Waals surface area contributed by atoms with Crippen molar-refractivity contribution in [3.63, 3.8) is 0 Å². The lowest BCUT2D eigenvalue weighted by Crippen LogP contribution is -2.52. The number of carbonyl (C=O) groups is 1. The van der Waals surface area contributed by atoms with Crippen molar-refractivity contribution in [3.05, 3.63) is 29.3 Å². The molecule has 1 saturated heterocycles. The van der Waals surface area contributed by atoms with Gasteiger partial charge in [0.15, 0.2) is 5.96 Å². The second-order valence-corrected chi connectivity index (χ2v) is 6.34. The van der Waals surface area contributed by atoms with Gasteiger partial charge < -0.3 is 19.9 Å². The number of nitrogens with one attached hydrogen (secondary N) is 1. The van der Waals surface area contributed by atoms with Crippen molar-refractivity contribution in [2.75, 3.05) is 51.8 Å². The van der Waals surface area contributed by atoms with E-state index in [-0.39, 0.29) is 5.97 Å². The number of hydrogen-bond donors (Lipinski definition) is 1. The molecule has 0 unspecified atom stereocenters. The van der Waals surface area contributed by atoms with Crippen LogP contribution >= 0.6 is 11.6 Å². The van der Waals surface area contributed by atoms with E-state index in [2.05, 4.69) is 30.9 Å². The van der Waals surface area contributed by atoms with Gasteiger partial charge >= 0.3 is 5.97 Å². The first-order valence-electron chi connectivity index (χ1n) is 8.67. The molecule has 1 heterocycles. The number of rotatable bonds is 6. The number of anilines is 1. The van der Waals surface area contributed by atoms with Gasteiger partial charge in [-0.05, 0) is 25.0 Å². The van der Waals surface area contributed by atoms with E-state index in [1.165, 1.54) is 7.11 Å². The predicted octanol–water partition coefficient (Wildman–Crippen LogP) is 2.38. The summed E-state index contributed by atoms with van der Waals surface area (Å²) in [5.74, 6) is 0.761. The van der Waals surface area contributed by atoms with Crippen LogP contribution in [0.3, 0.4) is 0 Å². The van der Waals surface area contributed by atoms with E-state index >= 15 is 0 Å². The Morgan fingerprint density at radius 1 is 1.24 bits per heavy atom. The molecule has 1 aromatic carbocycles. The number of piperazine rings is 1. The maximum absolute atomic E-state index is 11.1. The molecule has 0 aliphatic carbocycles. The van der Waals surface area contributed by atoms with Crippen molar-refractivity contribution in [2.45, 2.75) is 19.3 Å². The third-order valence-electron chi connectivity index (χ3n) is 4.30. The summed E-state index contributed by atoms with van der Waals surface area (Å²) in [7, 11) is 3.22. The normalized spacial score (nSPS) is 15.2. The van der Waals surface area contributed by atoms with Crippen LogP contribution in [0.1, 0.15) is 19.3 Å². The SMILES string of the molecule is CN=C(NCCCCC(=O)OC)N1CCN(c2ccccc2Cl)CC1. The molecular weight excluding hydrogens is 340 g/mol. The van der Waals surface area contributed by atoms with Crippen LogP contribution in [0.15, 0.2) is 29.3 Å². The topological polar surface area (TPSA) is 57.2 Å². The third-order valence-corrected chi connectivity index (χ3v) is 4.62. The Kier molecular flexibility index (Phi) is 7.85. The molecule has 25 heavy (non-hydrogen) atoms. The predicted molar refractivity (Wildman–Crippen MR) is 102 cm³/mol. The van der Waals surface area contributed by atoms with Gasteiger partial charge in [0, 0.05) is 46.2 Å². The van der Waals surface area contributed by atoms with E-state index in [9.17, 15) is 4.79 Å². The summed E-state index contributed by atoms with van der Waals surface area (Å²) in [6, 6.07) is 7.96. The van der Waals surface area contributed by atoms with E-state index in [1.807, 2.05) is 18.2 Å². The molecule has 0 saturated carbocycles. The zero-order valence-electron chi connectivity index (χ0n) is 15.0. The Bertz CT molecular complexity index is 586. The molecule has 7 heteroatoms. The lowest BCUT2D eigenvalue weighted by Gasteiger charge is -2.38. The number of unbranched alkanes of at least 4 members (excludes halogenated alkanes) is 1. The van der Waals surface area contributed by atoms with Crippen LogP contribution in [0.25, 0.3) is 0 Å². The van der Waals surface area contributed by atoms with Gasteiger partial charge in [-0.3, -0.25) is 9.79 Å². The molecule has 6 nitrogen and oxygen atoms in total. The molecule has 138 valence electrons. The Morgan fingerprint density at radius 3 is 2.60 bits per heavy atom. The summed E-state index contributed by atoms with van der Waals surface area (Å²) >= 11 is 6.29. The highest BCUT2D eigenvalue weighted by atomic mass is 35.5. The van der Waals surface area contributed by atoms with E-state index in [4.69, 9.17) is 11.6 Å². The molecule has 2 rings (SSSR count). The average Bonchev–Trinajstić information content (AvgIpc) is 2.65. The molecule has 0 aromatic heterocycles. The van der Waals surface area contributed by atoms with E-state index < -0.39 is 0 Å². The monoisotopic (exact) mass is 366 g/mol. The maximum atomic E-state index is 11.1. The molecule has 1 aliphatic rings. The number of para-hydroxylation sites is 1. The Balaban J connectivity index is 1.74. The quantitative estimate of drug-likeness (QED) is 0.362. The van der Waals surface area contributed by atoms with Crippen LogP contribution in [-0.2, 0) is 9.53 Å². The molecule has 1 aliphatic heterocycles. The van der Waals surface area contributed by atoms with Crippen molar-refractivity contribution in [1.82, 2.24) is 10.2 Å². The second-order valence-electron chi connectivity index (χ2n) is 5.93. The summed E-state index contributed by atoms with van der Waals surface area (Å²) < 4.78 is 4.64. The maximum Gasteiger partial charge on any atom is 0.305 e. The summed E-state index contributed by atoms with van der Waals surface area (Å²) in [6.07, 6.45) is 2.19. The largest absolute Gasteiger partial charge is 0.469 e. The van der Waals surface area contributed by atoms with E-state index in [0.717, 1.165) is 62.2 Å². The molecule has 0 radical (unpaired) electrons. The second kappa shape index (κ2) is 10.1. The summed E-state index contributed by atoms with van der Waals surface area (Å²) in [5, 5.41) is 4.17. The molecule has 1 fully saturated rings. The van der Waals surface area contributed by atoms with Crippen molar-refractivity contribution >= 4 is 29.2 Å². The van der Waals surface area contributed by atoms with Crippen LogP contribution < -0.4 is 10.2 Å². The molecular formula is C18H27ClN4O2. The number of methoxy groups -OCH3 is 1. The number of carbonyl (C=O) groups excluding carboxylic acids is 1. The van der Waals surface area contributed by atoms with Crippen LogP contribution in [0.5, 0.6) is 0 Å². The summed E-state index contributed by atoms with van der Waals surface area (Å²) in [4.78, 5) is 20.0. The van der Waals surface area contributed by atoms with Crippen molar-refractivity contribution in [1.29, 1.82) is 0 Å². The highest BCUT2D eigenvalue weighted by molar-refractivity contribution is 6.33. The minimum absolute atomic E-state index is 0.153. The number of hydrogen-bond acceptors (Lipinski definition) is 4. The van der Waals surface area contributed by atoms with Gasteiger partial charge in [-0.25, -0.2) is 0 Å². The minimum atomic E-state index is -0.153. The van der Waals surface area contributed by atoms with Crippen LogP contribution in [0.2, 0.25) is 5.02 Å². The van der Waals surface area contributed by atoms with Crippen molar-refractivity contribution < 1.29 is 9.53 Å². The third kappa shape index (κ3) is 5.81.